The largest absolute Gasteiger partial charge is 0.460 e. The van der Waals surface area contributed by atoms with Crippen molar-refractivity contribution in [3.63, 3.8) is 0 Å². The summed E-state index contributed by atoms with van der Waals surface area (Å²) in [4.78, 5) is 68.2. The van der Waals surface area contributed by atoms with Crippen LogP contribution >= 0.6 is 0 Å². The van der Waals surface area contributed by atoms with Crippen LogP contribution in [0.25, 0.3) is 22.5 Å². The van der Waals surface area contributed by atoms with Crippen molar-refractivity contribution in [2.45, 2.75) is 130 Å². The predicted octanol–water partition coefficient (Wildman–Crippen LogP) is 7.28. The van der Waals surface area contributed by atoms with Crippen molar-refractivity contribution in [1.29, 1.82) is 0 Å². The number of hydrogen-bond donors (Lipinski definition) is 1. The third-order valence-corrected chi connectivity index (χ3v) is 13.9. The number of rotatable bonds is 11. The molecular weight excluding hydrogens is 837 g/mol. The van der Waals surface area contributed by atoms with Crippen molar-refractivity contribution in [2.24, 2.45) is 17.3 Å². The zero-order valence-electron chi connectivity index (χ0n) is 38.3. The quantitative estimate of drug-likeness (QED) is 0.118. The highest BCUT2D eigenvalue weighted by Gasteiger charge is 2.61. The van der Waals surface area contributed by atoms with Crippen LogP contribution in [-0.2, 0) is 40.5 Å². The van der Waals surface area contributed by atoms with Crippen molar-refractivity contribution in [1.82, 2.24) is 28.5 Å². The molecule has 2 aromatic carbocycles. The predicted molar refractivity (Wildman–Crippen MR) is 241 cm³/mol. The van der Waals surface area contributed by atoms with Crippen LogP contribution in [0.3, 0.4) is 0 Å². The van der Waals surface area contributed by atoms with Crippen molar-refractivity contribution in [3.05, 3.63) is 77.7 Å². The molecule has 0 spiro atoms. The highest BCUT2D eigenvalue weighted by atomic mass is 32.2. The molecular formula is C48H62N6O9S. The summed E-state index contributed by atoms with van der Waals surface area (Å²) < 4.78 is 49.5. The Morgan fingerprint density at radius 3 is 2.48 bits per heavy atom. The number of imidazole rings is 1. The number of oxazole rings is 1. The summed E-state index contributed by atoms with van der Waals surface area (Å²) in [6, 6.07) is 15.0. The maximum Gasteiger partial charge on any atom is 0.307 e. The Labute approximate surface area is 376 Å². The minimum atomic E-state index is -4.15. The second-order valence-electron chi connectivity index (χ2n) is 19.1. The van der Waals surface area contributed by atoms with Gasteiger partial charge in [0.1, 0.15) is 23.0 Å². The molecule has 0 bridgehead atoms. The van der Waals surface area contributed by atoms with E-state index in [4.69, 9.17) is 23.9 Å². The zero-order valence-corrected chi connectivity index (χ0v) is 39.1. The molecule has 1 saturated carbocycles. The van der Waals surface area contributed by atoms with Crippen LogP contribution in [0.2, 0.25) is 0 Å². The van der Waals surface area contributed by atoms with E-state index in [1.165, 1.54) is 19.0 Å². The van der Waals surface area contributed by atoms with Gasteiger partial charge in [0.05, 0.1) is 41.2 Å². The molecule has 5 atom stereocenters. The highest BCUT2D eigenvalue weighted by Crippen LogP contribution is 2.57. The smallest absolute Gasteiger partial charge is 0.307 e. The van der Waals surface area contributed by atoms with E-state index in [2.05, 4.69) is 4.72 Å². The van der Waals surface area contributed by atoms with Crippen LogP contribution in [0.15, 0.2) is 65.1 Å². The molecule has 344 valence electrons. The minimum Gasteiger partial charge on any atom is -0.460 e. The number of allylic oxidation sites excluding steroid dienone is 2. The molecule has 1 saturated heterocycles. The van der Waals surface area contributed by atoms with E-state index in [0.717, 1.165) is 33.9 Å². The van der Waals surface area contributed by atoms with Gasteiger partial charge in [0.2, 0.25) is 17.7 Å². The van der Waals surface area contributed by atoms with E-state index in [-0.39, 0.29) is 55.9 Å². The number of Topliss-reactive ketones (excluding diaryl/α,β-unsaturated/α-hetero) is 1. The van der Waals surface area contributed by atoms with E-state index in [1.807, 2.05) is 86.0 Å². The van der Waals surface area contributed by atoms with E-state index in [9.17, 15) is 27.6 Å². The van der Waals surface area contributed by atoms with Gasteiger partial charge >= 0.3 is 16.2 Å². The number of benzene rings is 2. The number of ketones is 1. The number of ether oxygens (including phenoxy) is 2. The molecule has 1 N–H and O–H groups in total. The van der Waals surface area contributed by atoms with Gasteiger partial charge in [-0.3, -0.25) is 23.7 Å². The molecule has 16 heteroatoms. The second-order valence-corrected chi connectivity index (χ2v) is 21.0. The van der Waals surface area contributed by atoms with E-state index in [0.29, 0.717) is 54.4 Å². The van der Waals surface area contributed by atoms with Gasteiger partial charge < -0.3 is 18.8 Å². The van der Waals surface area contributed by atoms with E-state index in [1.54, 1.807) is 20.8 Å². The number of fused-ring (bicyclic) bond motifs is 3. The lowest BCUT2D eigenvalue weighted by Crippen LogP contribution is -2.47. The number of aryl methyl sites for hydroxylation is 1. The third kappa shape index (κ3) is 10.3. The lowest BCUT2D eigenvalue weighted by molar-refractivity contribution is -0.159. The molecule has 2 amide bonds. The lowest BCUT2D eigenvalue weighted by atomic mass is 9.90. The first-order valence-corrected chi connectivity index (χ1v) is 23.8. The van der Waals surface area contributed by atoms with Gasteiger partial charge in [0.15, 0.2) is 5.78 Å². The molecule has 0 unspecified atom stereocenters. The Morgan fingerprint density at radius 2 is 1.78 bits per heavy atom. The van der Waals surface area contributed by atoms with Crippen molar-refractivity contribution in [3.8, 4) is 17.5 Å². The maximum absolute atomic E-state index is 14.8. The average Bonchev–Trinajstić information content (AvgIpc) is 3.45. The summed E-state index contributed by atoms with van der Waals surface area (Å²) in [5.41, 5.74) is 1.94. The molecule has 2 fully saturated rings. The summed E-state index contributed by atoms with van der Waals surface area (Å²) in [5.74, 6) is -2.00. The Kier molecular flexibility index (Phi) is 13.6. The molecule has 3 aliphatic rings. The van der Waals surface area contributed by atoms with Gasteiger partial charge in [-0.1, -0.05) is 61.4 Å². The standard InChI is InChI=1S/C48H62N6O9S/c1-30(2)54-38-23-17-22-36(43-49-37(31(3)61-43)24-32-18-13-12-14-19-32)42(38)50-46(54)62-35-26-39-40(55)28-48(45(58)51-64(59,60)52(7)8)27-34(48)21-16-11-9-10-15-20-33(44(57)53(39)29-35)25-41(56)63-47(4,5)6/h12-14,16-19,21-23,30,33-35,39H,9-11,15,20,24-29H2,1-8H3,(H,51,58)/b21-16-/t33-,34-,35-,39+,48-/m1/s1. The fraction of sp³-hybridized carbons (Fsp3) is 0.542. The number of amides is 2. The summed E-state index contributed by atoms with van der Waals surface area (Å²) in [6.45, 7) is 11.3. The van der Waals surface area contributed by atoms with Gasteiger partial charge in [-0.25, -0.2) is 9.71 Å². The topological polar surface area (TPSA) is 183 Å². The number of hydrogen-bond acceptors (Lipinski definition) is 11. The molecule has 4 aromatic rings. The first-order chi connectivity index (χ1) is 30.3. The van der Waals surface area contributed by atoms with E-state index >= 15 is 0 Å². The number of para-hydroxylation sites is 1. The normalized spacial score (nSPS) is 23.9. The fourth-order valence-electron chi connectivity index (χ4n) is 9.02. The van der Waals surface area contributed by atoms with Crippen LogP contribution in [0.1, 0.15) is 115 Å². The Bertz CT molecular complexity index is 2520. The summed E-state index contributed by atoms with van der Waals surface area (Å²) in [6.07, 6.45) is 7.15. The third-order valence-electron chi connectivity index (χ3n) is 12.5. The van der Waals surface area contributed by atoms with Gasteiger partial charge in [0.25, 0.3) is 6.01 Å². The molecule has 15 nitrogen and oxygen atoms in total. The number of nitrogens with zero attached hydrogens (tertiary/aromatic N) is 5. The molecule has 0 radical (unpaired) electrons. The number of aromatic nitrogens is 3. The van der Waals surface area contributed by atoms with Gasteiger partial charge in [-0.05, 0) is 90.8 Å². The highest BCUT2D eigenvalue weighted by molar-refractivity contribution is 7.87. The number of carbonyl (C=O) groups excluding carboxylic acids is 4. The Hall–Kier alpha value is -5.35. The minimum absolute atomic E-state index is 0.0214. The van der Waals surface area contributed by atoms with Crippen LogP contribution in [0.5, 0.6) is 6.01 Å². The zero-order chi connectivity index (χ0) is 46.1. The maximum atomic E-state index is 14.8. The average molecular weight is 899 g/mol. The van der Waals surface area contributed by atoms with Gasteiger partial charge in [-0.2, -0.15) is 17.7 Å². The molecule has 2 aliphatic heterocycles. The monoisotopic (exact) mass is 898 g/mol. The number of carbonyl (C=O) groups is 4. The molecule has 1 aliphatic carbocycles. The van der Waals surface area contributed by atoms with Crippen LogP contribution < -0.4 is 9.46 Å². The number of esters is 1. The van der Waals surface area contributed by atoms with Crippen LogP contribution in [-0.4, -0.2) is 94.1 Å². The van der Waals surface area contributed by atoms with Crippen molar-refractivity contribution in [2.75, 3.05) is 20.6 Å². The van der Waals surface area contributed by atoms with Crippen LogP contribution in [0, 0.1) is 24.2 Å². The SMILES string of the molecule is Cc1oc(-c2cccc3c2nc(O[C@@H]2C[C@H]4C(=O)C[C@]5(C(=O)NS(=O)(=O)N(C)C)C[C@H]5/C=C\CCCCC[C@H](CC(=O)OC(C)(C)C)C(=O)N4C2)n3C(C)C)nc1Cc1ccccc1. The van der Waals surface area contributed by atoms with Crippen molar-refractivity contribution >= 4 is 44.8 Å². The first kappa shape index (κ1) is 46.6. The Morgan fingerprint density at radius 1 is 1.03 bits per heavy atom. The molecule has 2 aromatic heterocycles. The summed E-state index contributed by atoms with van der Waals surface area (Å²) in [7, 11) is -1.51. The van der Waals surface area contributed by atoms with Crippen molar-refractivity contribution < 1.29 is 41.5 Å². The molecule has 64 heavy (non-hydrogen) atoms. The fourth-order valence-corrected chi connectivity index (χ4v) is 9.64. The van der Waals surface area contributed by atoms with Crippen LogP contribution in [0.4, 0.5) is 0 Å². The van der Waals surface area contributed by atoms with Gasteiger partial charge in [0, 0.05) is 45.3 Å². The molecule has 7 rings (SSSR count). The van der Waals surface area contributed by atoms with Gasteiger partial charge in [-0.15, -0.1) is 0 Å². The second kappa shape index (κ2) is 18.6. The lowest BCUT2D eigenvalue weighted by Gasteiger charge is -2.29. The first-order valence-electron chi connectivity index (χ1n) is 22.4. The molecule has 4 heterocycles. The van der Waals surface area contributed by atoms with E-state index < -0.39 is 51.2 Å². The summed E-state index contributed by atoms with van der Waals surface area (Å²) in [5, 5.41) is 0. The summed E-state index contributed by atoms with van der Waals surface area (Å²) >= 11 is 0. The number of nitrogens with one attached hydrogen (secondary N) is 1. The Balaban J connectivity index is 1.22.